The first-order valence-corrected chi connectivity index (χ1v) is 25.5. The fourth-order valence-electron chi connectivity index (χ4n) is 9.83. The van der Waals surface area contributed by atoms with Gasteiger partial charge in [0.15, 0.2) is 0 Å². The van der Waals surface area contributed by atoms with Crippen molar-refractivity contribution < 1.29 is 7.85 Å². The van der Waals surface area contributed by atoms with Crippen LogP contribution in [0.2, 0.25) is 0 Å². The fourth-order valence-corrected chi connectivity index (χ4v) is 9.83. The Morgan fingerprint density at radius 1 is 0.417 bits per heavy atom. The Labute approximate surface area is 432 Å². The molecule has 0 aliphatic carbocycles. The van der Waals surface area contributed by atoms with Crippen molar-refractivity contribution in [2.75, 3.05) is 0 Å². The number of fused-ring (bicyclic) bond motifs is 1. The molecule has 9 aromatic rings. The molecular formula is C68H73N3O. The third kappa shape index (κ3) is 9.81. The van der Waals surface area contributed by atoms with Gasteiger partial charge in [0.2, 0.25) is 0 Å². The Balaban J connectivity index is 1.30. The molecule has 4 heteroatoms. The summed E-state index contributed by atoms with van der Waals surface area (Å²) in [7, 11) is 0. The lowest BCUT2D eigenvalue weighted by molar-refractivity contribution is 0.446. The lowest BCUT2D eigenvalue weighted by atomic mass is 9.79. The van der Waals surface area contributed by atoms with Gasteiger partial charge in [0.1, 0.15) is 11.6 Å². The van der Waals surface area contributed by atoms with Crippen LogP contribution in [0, 0.1) is 0 Å². The number of hydrogen-bond donors (Lipinski definition) is 1. The van der Waals surface area contributed by atoms with E-state index in [0.717, 1.165) is 72.4 Å². The van der Waals surface area contributed by atoms with Crippen molar-refractivity contribution in [1.29, 1.82) is 0 Å². The van der Waals surface area contributed by atoms with Gasteiger partial charge in [-0.2, -0.15) is 0 Å². The largest absolute Gasteiger partial charge is 0.507 e. The van der Waals surface area contributed by atoms with Crippen LogP contribution in [-0.2, 0) is 27.1 Å². The summed E-state index contributed by atoms with van der Waals surface area (Å²) in [6, 6.07) is 53.4. The van der Waals surface area contributed by atoms with Crippen LogP contribution in [0.1, 0.15) is 134 Å². The standard InChI is InChI=1S/C68H73N3O/c1-64(2,3)49-32-33-59(54(40-49)44-22-17-16-18-23-44)71-60-27-21-25-53(61(60)70-63(71)55-41-51(66(7,8)9)42-57(62(55)72)68(13,14)15)47-36-48(38-50(37-47)65(4,5)6)58-39-46(34-35-69-58)43-28-30-45(31-29-43)52-24-19-20-26-56(52)67(10,11)12/h16-42,72H,1-15H3/i35D,39D. The van der Waals surface area contributed by atoms with Crippen LogP contribution in [-0.4, -0.2) is 19.6 Å². The average Bonchev–Trinajstić information content (AvgIpc) is 3.73. The molecule has 2 aromatic heterocycles. The molecule has 0 aliphatic heterocycles. The number of imidazole rings is 1. The predicted molar refractivity (Wildman–Crippen MR) is 307 cm³/mol. The molecule has 0 fully saturated rings. The zero-order valence-corrected chi connectivity index (χ0v) is 45.2. The van der Waals surface area contributed by atoms with Crippen molar-refractivity contribution in [1.82, 2.24) is 14.5 Å². The highest BCUT2D eigenvalue weighted by Gasteiger charge is 2.30. The van der Waals surface area contributed by atoms with Crippen molar-refractivity contribution in [3.05, 3.63) is 192 Å². The van der Waals surface area contributed by atoms with Crippen LogP contribution in [0.4, 0.5) is 0 Å². The molecule has 7 aromatic carbocycles. The summed E-state index contributed by atoms with van der Waals surface area (Å²) in [5.41, 5.74) is 16.8. The molecule has 9 rings (SSSR count). The normalized spacial score (nSPS) is 13.1. The van der Waals surface area contributed by atoms with E-state index >= 15 is 0 Å². The summed E-state index contributed by atoms with van der Waals surface area (Å²) in [6.07, 6.45) is 0.0972. The minimum atomic E-state index is -0.363. The molecule has 4 nitrogen and oxygen atoms in total. The van der Waals surface area contributed by atoms with E-state index in [0.29, 0.717) is 22.6 Å². The number of pyridine rings is 1. The summed E-state index contributed by atoms with van der Waals surface area (Å²) >= 11 is 0. The highest BCUT2D eigenvalue weighted by atomic mass is 16.3. The molecule has 0 aliphatic rings. The van der Waals surface area contributed by atoms with Gasteiger partial charge in [-0.1, -0.05) is 213 Å². The van der Waals surface area contributed by atoms with Crippen LogP contribution in [0.25, 0.3) is 83.9 Å². The maximum atomic E-state index is 12.6. The Bertz CT molecular complexity index is 3590. The lowest BCUT2D eigenvalue weighted by Crippen LogP contribution is -2.17. The molecule has 0 atom stereocenters. The van der Waals surface area contributed by atoms with E-state index < -0.39 is 0 Å². The first-order valence-electron chi connectivity index (χ1n) is 26.5. The second-order valence-corrected chi connectivity index (χ2v) is 24.9. The number of benzene rings is 7. The molecule has 0 bridgehead atoms. The van der Waals surface area contributed by atoms with Crippen LogP contribution in [0.15, 0.2) is 164 Å². The fraction of sp³-hybridized carbons (Fsp3) is 0.294. The molecule has 0 unspecified atom stereocenters. The van der Waals surface area contributed by atoms with Gasteiger partial charge < -0.3 is 5.11 Å². The molecule has 0 amide bonds. The Hall–Kier alpha value is -7.04. The van der Waals surface area contributed by atoms with Gasteiger partial charge in [0.05, 0.1) is 30.7 Å². The van der Waals surface area contributed by atoms with Crippen molar-refractivity contribution in [3.8, 4) is 78.6 Å². The van der Waals surface area contributed by atoms with E-state index in [1.165, 1.54) is 16.7 Å². The topological polar surface area (TPSA) is 50.9 Å². The first-order chi connectivity index (χ1) is 34.6. The minimum absolute atomic E-state index is 0.0283. The van der Waals surface area contributed by atoms with E-state index in [1.807, 2.05) is 0 Å². The van der Waals surface area contributed by atoms with Gasteiger partial charge in [-0.15, -0.1) is 0 Å². The number of aromatic nitrogens is 3. The van der Waals surface area contributed by atoms with Gasteiger partial charge in [0, 0.05) is 28.4 Å². The van der Waals surface area contributed by atoms with E-state index in [4.69, 9.17) is 11.3 Å². The number of aromatic hydroxyl groups is 1. The van der Waals surface area contributed by atoms with Crippen molar-refractivity contribution >= 4 is 11.0 Å². The Morgan fingerprint density at radius 3 is 1.64 bits per heavy atom. The molecule has 366 valence electrons. The SMILES string of the molecule is [2H]c1cc(-c2ccc(-c3ccccc3C(C)(C)C)cc2)c([2H])c(-c2cc(-c3cccc4c3nc(-c3cc(C(C)(C)C)cc(C(C)(C)C)c3O)n4-c3ccc(C(C)(C)C)cc3-c3ccccc3)cc(C(C)(C)C)c2)n1. The van der Waals surface area contributed by atoms with Gasteiger partial charge in [-0.05, 0) is 131 Å². The molecule has 0 saturated heterocycles. The van der Waals surface area contributed by atoms with Gasteiger partial charge in [-0.3, -0.25) is 9.55 Å². The van der Waals surface area contributed by atoms with E-state index in [-0.39, 0.29) is 45.0 Å². The Kier molecular flexibility index (Phi) is 12.0. The zero-order chi connectivity index (χ0) is 53.4. The Morgan fingerprint density at radius 2 is 0.986 bits per heavy atom. The highest BCUT2D eigenvalue weighted by molar-refractivity contribution is 5.98. The van der Waals surface area contributed by atoms with E-state index in [1.54, 1.807) is 6.07 Å². The lowest BCUT2D eigenvalue weighted by Gasteiger charge is -2.28. The summed E-state index contributed by atoms with van der Waals surface area (Å²) < 4.78 is 21.1. The quantitative estimate of drug-likeness (QED) is 0.173. The second-order valence-electron chi connectivity index (χ2n) is 24.9. The number of rotatable bonds is 7. The molecule has 2 heterocycles. The molecule has 0 radical (unpaired) electrons. The summed E-state index contributed by atoms with van der Waals surface area (Å²) in [5.74, 6) is 0.863. The first kappa shape index (κ1) is 47.3. The maximum Gasteiger partial charge on any atom is 0.149 e. The number of para-hydroxylation sites is 1. The second kappa shape index (κ2) is 18.2. The van der Waals surface area contributed by atoms with Crippen LogP contribution < -0.4 is 0 Å². The van der Waals surface area contributed by atoms with E-state index in [9.17, 15) is 6.48 Å². The van der Waals surface area contributed by atoms with Crippen LogP contribution in [0.3, 0.4) is 0 Å². The van der Waals surface area contributed by atoms with Gasteiger partial charge >= 0.3 is 0 Å². The van der Waals surface area contributed by atoms with Crippen LogP contribution in [0.5, 0.6) is 5.75 Å². The number of phenolic OH excluding ortho intramolecular Hbond substituents is 1. The maximum absolute atomic E-state index is 12.6. The predicted octanol–water partition coefficient (Wildman–Crippen LogP) is 18.6. The highest BCUT2D eigenvalue weighted by Crippen LogP contribution is 2.46. The third-order valence-corrected chi connectivity index (χ3v) is 14.2. The number of phenols is 1. The third-order valence-electron chi connectivity index (χ3n) is 14.2. The number of hydrogen-bond acceptors (Lipinski definition) is 3. The average molecular weight is 950 g/mol. The summed E-state index contributed by atoms with van der Waals surface area (Å²) in [4.78, 5) is 10.5. The monoisotopic (exact) mass is 950 g/mol. The molecule has 72 heavy (non-hydrogen) atoms. The summed E-state index contributed by atoms with van der Waals surface area (Å²) in [5, 5.41) is 12.6. The van der Waals surface area contributed by atoms with E-state index in [2.05, 4.69) is 254 Å². The molecule has 0 spiro atoms. The smallest absolute Gasteiger partial charge is 0.149 e. The van der Waals surface area contributed by atoms with Gasteiger partial charge in [0.25, 0.3) is 0 Å². The number of nitrogens with zero attached hydrogens (tertiary/aromatic N) is 3. The molecule has 0 saturated carbocycles. The molecule has 1 N–H and O–H groups in total. The molecular weight excluding hydrogens is 875 g/mol. The van der Waals surface area contributed by atoms with Crippen molar-refractivity contribution in [2.45, 2.75) is 131 Å². The van der Waals surface area contributed by atoms with Crippen molar-refractivity contribution in [2.24, 2.45) is 0 Å². The van der Waals surface area contributed by atoms with Crippen LogP contribution >= 0.6 is 0 Å². The summed E-state index contributed by atoms with van der Waals surface area (Å²) in [6.45, 7) is 33.2. The van der Waals surface area contributed by atoms with Crippen molar-refractivity contribution in [3.63, 3.8) is 0 Å². The zero-order valence-electron chi connectivity index (χ0n) is 47.2. The van der Waals surface area contributed by atoms with Gasteiger partial charge in [-0.25, -0.2) is 4.98 Å². The minimum Gasteiger partial charge on any atom is -0.507 e.